The fourth-order valence-electron chi connectivity index (χ4n) is 3.51. The molecule has 0 bridgehead atoms. The summed E-state index contributed by atoms with van der Waals surface area (Å²) in [7, 11) is 0. The first-order valence-corrected chi connectivity index (χ1v) is 8.06. The van der Waals surface area contributed by atoms with Crippen molar-refractivity contribution in [3.8, 4) is 0 Å². The van der Waals surface area contributed by atoms with Crippen molar-refractivity contribution in [2.24, 2.45) is 5.92 Å². The van der Waals surface area contributed by atoms with E-state index in [0.29, 0.717) is 18.2 Å². The molecule has 2 aliphatic rings. The minimum atomic E-state index is 0.230. The topological polar surface area (TPSA) is 24.5 Å². The first-order valence-electron chi connectivity index (χ1n) is 8.06. The summed E-state index contributed by atoms with van der Waals surface area (Å²) in [6, 6.07) is 0.664. The van der Waals surface area contributed by atoms with Gasteiger partial charge >= 0.3 is 0 Å². The van der Waals surface area contributed by atoms with Crippen LogP contribution >= 0.6 is 0 Å². The van der Waals surface area contributed by atoms with E-state index in [9.17, 15) is 0 Å². The lowest BCUT2D eigenvalue weighted by molar-refractivity contribution is -0.00824. The fourth-order valence-corrected chi connectivity index (χ4v) is 3.51. The summed E-state index contributed by atoms with van der Waals surface area (Å²) in [5, 5.41) is 3.70. The zero-order chi connectivity index (χ0) is 14.0. The summed E-state index contributed by atoms with van der Waals surface area (Å²) < 4.78 is 6.03. The van der Waals surface area contributed by atoms with Crippen LogP contribution in [-0.4, -0.2) is 48.3 Å². The van der Waals surface area contributed by atoms with Gasteiger partial charge in [0.1, 0.15) is 0 Å². The van der Waals surface area contributed by atoms with E-state index in [1.807, 2.05) is 0 Å². The van der Waals surface area contributed by atoms with Crippen LogP contribution in [0, 0.1) is 5.92 Å². The van der Waals surface area contributed by atoms with Crippen molar-refractivity contribution >= 4 is 0 Å². The molecule has 4 atom stereocenters. The maximum Gasteiger partial charge on any atom is 0.0706 e. The summed E-state index contributed by atoms with van der Waals surface area (Å²) in [6.07, 6.45) is 4.64. The number of rotatable bonds is 4. The number of hydrogen-bond acceptors (Lipinski definition) is 3. The molecule has 2 fully saturated rings. The van der Waals surface area contributed by atoms with Crippen LogP contribution in [0.3, 0.4) is 0 Å². The van der Waals surface area contributed by atoms with E-state index in [1.165, 1.54) is 19.3 Å². The van der Waals surface area contributed by atoms with E-state index >= 15 is 0 Å². The zero-order valence-electron chi connectivity index (χ0n) is 13.4. The molecule has 0 saturated carbocycles. The van der Waals surface area contributed by atoms with Crippen LogP contribution in [0.15, 0.2) is 0 Å². The largest absolute Gasteiger partial charge is 0.374 e. The Bertz CT molecular complexity index is 292. The molecular formula is C16H32N2O. The van der Waals surface area contributed by atoms with E-state index in [0.717, 1.165) is 25.6 Å². The van der Waals surface area contributed by atoms with Gasteiger partial charge < -0.3 is 10.1 Å². The molecule has 2 saturated heterocycles. The van der Waals surface area contributed by atoms with Gasteiger partial charge in [-0.15, -0.1) is 0 Å². The molecule has 2 heterocycles. The predicted octanol–water partition coefficient (Wildman–Crippen LogP) is 2.65. The normalized spacial score (nSPS) is 37.4. The minimum Gasteiger partial charge on any atom is -0.374 e. The van der Waals surface area contributed by atoms with Gasteiger partial charge in [-0.3, -0.25) is 4.90 Å². The Morgan fingerprint density at radius 1 is 1.37 bits per heavy atom. The quantitative estimate of drug-likeness (QED) is 0.848. The van der Waals surface area contributed by atoms with Gasteiger partial charge in [0.15, 0.2) is 0 Å². The molecule has 1 N–H and O–H groups in total. The number of piperazine rings is 1. The van der Waals surface area contributed by atoms with Crippen molar-refractivity contribution in [1.82, 2.24) is 10.2 Å². The van der Waals surface area contributed by atoms with Gasteiger partial charge in [0, 0.05) is 31.2 Å². The lowest BCUT2D eigenvalue weighted by Crippen LogP contribution is -2.64. The smallest absolute Gasteiger partial charge is 0.0706 e. The molecule has 3 heteroatoms. The van der Waals surface area contributed by atoms with Crippen molar-refractivity contribution in [2.75, 3.05) is 19.6 Å². The molecule has 2 rings (SSSR count). The molecule has 0 aromatic rings. The van der Waals surface area contributed by atoms with Crippen molar-refractivity contribution in [2.45, 2.75) is 77.7 Å². The van der Waals surface area contributed by atoms with Gasteiger partial charge in [-0.05, 0) is 39.5 Å². The van der Waals surface area contributed by atoms with Gasteiger partial charge in [-0.1, -0.05) is 20.3 Å². The molecule has 0 radical (unpaired) electrons. The fraction of sp³-hybridized carbons (Fsp3) is 1.00. The Morgan fingerprint density at radius 3 is 2.68 bits per heavy atom. The summed E-state index contributed by atoms with van der Waals surface area (Å²) in [4.78, 5) is 2.69. The Labute approximate surface area is 119 Å². The van der Waals surface area contributed by atoms with Crippen LogP contribution in [0.25, 0.3) is 0 Å². The Balaban J connectivity index is 1.98. The van der Waals surface area contributed by atoms with Crippen LogP contribution in [-0.2, 0) is 4.74 Å². The molecule has 0 aliphatic carbocycles. The Morgan fingerprint density at radius 2 is 2.11 bits per heavy atom. The van der Waals surface area contributed by atoms with Gasteiger partial charge in [-0.25, -0.2) is 0 Å². The number of hydrogen-bond donors (Lipinski definition) is 1. The third kappa shape index (κ3) is 3.93. The molecular weight excluding hydrogens is 236 g/mol. The zero-order valence-corrected chi connectivity index (χ0v) is 13.4. The van der Waals surface area contributed by atoms with Crippen molar-refractivity contribution in [1.29, 1.82) is 0 Å². The first-order chi connectivity index (χ1) is 8.91. The van der Waals surface area contributed by atoms with Gasteiger partial charge in [0.25, 0.3) is 0 Å². The van der Waals surface area contributed by atoms with Gasteiger partial charge in [0.05, 0.1) is 12.2 Å². The molecule has 0 spiro atoms. The average molecular weight is 268 g/mol. The van der Waals surface area contributed by atoms with E-state index in [-0.39, 0.29) is 5.54 Å². The maximum atomic E-state index is 6.03. The van der Waals surface area contributed by atoms with Crippen LogP contribution in [0.5, 0.6) is 0 Å². The highest BCUT2D eigenvalue weighted by Gasteiger charge is 2.36. The molecule has 0 aromatic heterocycles. The third-order valence-corrected chi connectivity index (χ3v) is 4.92. The molecule has 0 amide bonds. The SMILES string of the molecule is CCC(C)C1CNC(C)(C)CN1CC1CCC(C)O1. The molecule has 112 valence electrons. The average Bonchev–Trinajstić information content (AvgIpc) is 2.73. The monoisotopic (exact) mass is 268 g/mol. The second kappa shape index (κ2) is 6.11. The molecule has 0 aromatic carbocycles. The van der Waals surface area contributed by atoms with Crippen LogP contribution in [0.2, 0.25) is 0 Å². The highest BCUT2D eigenvalue weighted by Crippen LogP contribution is 2.26. The highest BCUT2D eigenvalue weighted by molar-refractivity contribution is 4.95. The summed E-state index contributed by atoms with van der Waals surface area (Å²) in [5.41, 5.74) is 0.230. The van der Waals surface area contributed by atoms with E-state index < -0.39 is 0 Å². The highest BCUT2D eigenvalue weighted by atomic mass is 16.5. The first kappa shape index (κ1) is 15.3. The second-order valence-corrected chi connectivity index (χ2v) is 7.29. The maximum absolute atomic E-state index is 6.03. The Hall–Kier alpha value is -0.120. The van der Waals surface area contributed by atoms with Crippen LogP contribution < -0.4 is 5.32 Å². The molecule has 4 unspecified atom stereocenters. The second-order valence-electron chi connectivity index (χ2n) is 7.29. The lowest BCUT2D eigenvalue weighted by Gasteiger charge is -2.47. The predicted molar refractivity (Wildman–Crippen MR) is 80.5 cm³/mol. The lowest BCUT2D eigenvalue weighted by atomic mass is 9.90. The molecule has 2 aliphatic heterocycles. The van der Waals surface area contributed by atoms with E-state index in [4.69, 9.17) is 4.74 Å². The third-order valence-electron chi connectivity index (χ3n) is 4.92. The summed E-state index contributed by atoms with van der Waals surface area (Å²) >= 11 is 0. The van der Waals surface area contributed by atoms with Crippen LogP contribution in [0.4, 0.5) is 0 Å². The molecule has 3 nitrogen and oxygen atoms in total. The number of ether oxygens (including phenoxy) is 1. The number of nitrogens with one attached hydrogen (secondary N) is 1. The van der Waals surface area contributed by atoms with E-state index in [1.54, 1.807) is 0 Å². The van der Waals surface area contributed by atoms with Gasteiger partial charge in [-0.2, -0.15) is 0 Å². The number of nitrogens with zero attached hydrogens (tertiary/aromatic N) is 1. The standard InChI is InChI=1S/C16H32N2O/c1-6-12(2)15-9-17-16(4,5)11-18(15)10-14-8-7-13(3)19-14/h12-15,17H,6-11H2,1-5H3. The van der Waals surface area contributed by atoms with Gasteiger partial charge in [0.2, 0.25) is 0 Å². The molecule has 19 heavy (non-hydrogen) atoms. The Kier molecular flexibility index (Phi) is 4.91. The summed E-state index contributed by atoms with van der Waals surface area (Å²) in [5.74, 6) is 0.752. The summed E-state index contributed by atoms with van der Waals surface area (Å²) in [6.45, 7) is 14.9. The minimum absolute atomic E-state index is 0.230. The van der Waals surface area contributed by atoms with Crippen molar-refractivity contribution < 1.29 is 4.74 Å². The van der Waals surface area contributed by atoms with Crippen molar-refractivity contribution in [3.05, 3.63) is 0 Å². The van der Waals surface area contributed by atoms with Crippen molar-refractivity contribution in [3.63, 3.8) is 0 Å². The van der Waals surface area contributed by atoms with Crippen LogP contribution in [0.1, 0.15) is 53.9 Å². The van der Waals surface area contributed by atoms with E-state index in [2.05, 4.69) is 44.8 Å².